The highest BCUT2D eigenvalue weighted by Crippen LogP contribution is 2.32. The molecule has 5 heteroatoms. The number of hydrogen-bond donors (Lipinski definition) is 2. The van der Waals surface area contributed by atoms with E-state index in [9.17, 15) is 4.79 Å². The molecular formula is C10H16N4O. The van der Waals surface area contributed by atoms with Gasteiger partial charge in [0, 0.05) is 25.0 Å². The molecule has 1 fully saturated rings. The predicted molar refractivity (Wildman–Crippen MR) is 56.0 cm³/mol. The first-order valence-corrected chi connectivity index (χ1v) is 5.16. The fourth-order valence-electron chi connectivity index (χ4n) is 1.49. The summed E-state index contributed by atoms with van der Waals surface area (Å²) in [6.07, 6.45) is 6.93. The molecule has 1 aromatic heterocycles. The summed E-state index contributed by atoms with van der Waals surface area (Å²) in [4.78, 5) is 15.5. The topological polar surface area (TPSA) is 72.9 Å². The van der Waals surface area contributed by atoms with Gasteiger partial charge in [-0.1, -0.05) is 0 Å². The van der Waals surface area contributed by atoms with Crippen molar-refractivity contribution in [2.45, 2.75) is 37.9 Å². The minimum atomic E-state index is -0.580. The third kappa shape index (κ3) is 2.36. The second kappa shape index (κ2) is 3.66. The zero-order valence-electron chi connectivity index (χ0n) is 8.81. The molecule has 0 saturated heterocycles. The Balaban J connectivity index is 1.82. The van der Waals surface area contributed by atoms with E-state index in [0.717, 1.165) is 19.4 Å². The van der Waals surface area contributed by atoms with Gasteiger partial charge in [0.1, 0.15) is 0 Å². The van der Waals surface area contributed by atoms with Gasteiger partial charge in [-0.05, 0) is 19.8 Å². The quantitative estimate of drug-likeness (QED) is 0.724. The predicted octanol–water partition coefficient (Wildman–Crippen LogP) is -0.121. The van der Waals surface area contributed by atoms with Gasteiger partial charge >= 0.3 is 0 Å². The van der Waals surface area contributed by atoms with Crippen molar-refractivity contribution >= 4 is 5.91 Å². The zero-order valence-corrected chi connectivity index (χ0v) is 8.81. The molecule has 0 radical (unpaired) electrons. The van der Waals surface area contributed by atoms with E-state index in [2.05, 4.69) is 10.3 Å². The summed E-state index contributed by atoms with van der Waals surface area (Å²) in [6, 6.07) is 0.0766. The summed E-state index contributed by atoms with van der Waals surface area (Å²) in [5, 5.41) is 2.91. The molecule has 1 aromatic rings. The van der Waals surface area contributed by atoms with Crippen LogP contribution in [0.15, 0.2) is 18.7 Å². The number of carbonyl (C=O) groups is 1. The minimum Gasteiger partial charge on any atom is -0.350 e. The molecule has 0 aromatic carbocycles. The number of amides is 1. The fourth-order valence-corrected chi connectivity index (χ4v) is 1.49. The molecule has 5 nitrogen and oxygen atoms in total. The lowest BCUT2D eigenvalue weighted by molar-refractivity contribution is -0.123. The number of aromatic nitrogens is 2. The van der Waals surface area contributed by atoms with Gasteiger partial charge < -0.3 is 15.6 Å². The molecule has 0 aliphatic heterocycles. The standard InChI is InChI=1S/C10H16N4O/c1-8(6-14-5-4-12-7-14)13-9(15)10(11)2-3-10/h4-5,7-8H,2-3,6,11H2,1H3,(H,13,15). The SMILES string of the molecule is CC(Cn1ccnc1)NC(=O)C1(N)CC1. The van der Waals surface area contributed by atoms with Crippen LogP contribution < -0.4 is 11.1 Å². The summed E-state index contributed by atoms with van der Waals surface area (Å²) >= 11 is 0. The Bertz CT molecular complexity index is 342. The lowest BCUT2D eigenvalue weighted by Gasteiger charge is -2.17. The minimum absolute atomic E-state index is 0.0323. The number of imidazole rings is 1. The van der Waals surface area contributed by atoms with Crippen LogP contribution in [0.25, 0.3) is 0 Å². The lowest BCUT2D eigenvalue weighted by atomic mass is 10.2. The Morgan fingerprint density at radius 2 is 2.47 bits per heavy atom. The first kappa shape index (κ1) is 10.2. The Labute approximate surface area is 88.7 Å². The molecule has 1 amide bonds. The van der Waals surface area contributed by atoms with Crippen molar-refractivity contribution in [3.63, 3.8) is 0 Å². The number of rotatable bonds is 4. The largest absolute Gasteiger partial charge is 0.350 e. The van der Waals surface area contributed by atoms with E-state index >= 15 is 0 Å². The Morgan fingerprint density at radius 1 is 1.73 bits per heavy atom. The summed E-state index contributed by atoms with van der Waals surface area (Å²) < 4.78 is 1.93. The molecule has 0 bridgehead atoms. The van der Waals surface area contributed by atoms with Crippen LogP contribution >= 0.6 is 0 Å². The summed E-state index contributed by atoms with van der Waals surface area (Å²) in [5.41, 5.74) is 5.20. The first-order chi connectivity index (χ1) is 7.10. The molecule has 1 aliphatic carbocycles. The van der Waals surface area contributed by atoms with Gasteiger partial charge in [-0.15, -0.1) is 0 Å². The molecule has 3 N–H and O–H groups in total. The zero-order chi connectivity index (χ0) is 10.9. The summed E-state index contributed by atoms with van der Waals surface area (Å²) in [5.74, 6) is -0.0323. The third-order valence-corrected chi connectivity index (χ3v) is 2.66. The van der Waals surface area contributed by atoms with E-state index in [4.69, 9.17) is 5.73 Å². The average molecular weight is 208 g/mol. The van der Waals surface area contributed by atoms with Crippen LogP contribution in [0.3, 0.4) is 0 Å². The fraction of sp³-hybridized carbons (Fsp3) is 0.600. The molecule has 0 spiro atoms. The smallest absolute Gasteiger partial charge is 0.240 e. The Morgan fingerprint density at radius 3 is 3.00 bits per heavy atom. The van der Waals surface area contributed by atoms with Crippen molar-refractivity contribution in [3.05, 3.63) is 18.7 Å². The van der Waals surface area contributed by atoms with Crippen molar-refractivity contribution in [3.8, 4) is 0 Å². The maximum Gasteiger partial charge on any atom is 0.240 e. The Hall–Kier alpha value is -1.36. The number of hydrogen-bond acceptors (Lipinski definition) is 3. The van der Waals surface area contributed by atoms with Crippen LogP contribution in [0, 0.1) is 0 Å². The number of carbonyl (C=O) groups excluding carboxylic acids is 1. The monoisotopic (exact) mass is 208 g/mol. The van der Waals surface area contributed by atoms with E-state index in [1.807, 2.05) is 17.7 Å². The van der Waals surface area contributed by atoms with Gasteiger partial charge in [0.05, 0.1) is 11.9 Å². The number of nitrogens with one attached hydrogen (secondary N) is 1. The molecule has 2 rings (SSSR count). The number of nitrogens with zero attached hydrogens (tertiary/aromatic N) is 2. The number of nitrogens with two attached hydrogens (primary N) is 1. The van der Waals surface area contributed by atoms with Gasteiger partial charge in [-0.2, -0.15) is 0 Å². The van der Waals surface area contributed by atoms with Crippen LogP contribution in [0.5, 0.6) is 0 Å². The first-order valence-electron chi connectivity index (χ1n) is 5.16. The highest BCUT2D eigenvalue weighted by Gasteiger charge is 2.46. The maximum absolute atomic E-state index is 11.6. The van der Waals surface area contributed by atoms with Gasteiger partial charge in [-0.3, -0.25) is 4.79 Å². The summed E-state index contributed by atoms with van der Waals surface area (Å²) in [6.45, 7) is 2.69. The highest BCUT2D eigenvalue weighted by atomic mass is 16.2. The molecule has 1 atom stereocenters. The van der Waals surface area contributed by atoms with Crippen molar-refractivity contribution in [1.29, 1.82) is 0 Å². The molecule has 1 unspecified atom stereocenters. The molecule has 1 heterocycles. The molecule has 82 valence electrons. The van der Waals surface area contributed by atoms with Crippen molar-refractivity contribution in [1.82, 2.24) is 14.9 Å². The van der Waals surface area contributed by atoms with Crippen LogP contribution in [0.4, 0.5) is 0 Å². The van der Waals surface area contributed by atoms with Crippen LogP contribution in [-0.2, 0) is 11.3 Å². The lowest BCUT2D eigenvalue weighted by Crippen LogP contribution is -2.47. The normalized spacial score (nSPS) is 19.6. The van der Waals surface area contributed by atoms with Gasteiger partial charge in [0.2, 0.25) is 5.91 Å². The van der Waals surface area contributed by atoms with Crippen LogP contribution in [0.1, 0.15) is 19.8 Å². The van der Waals surface area contributed by atoms with Gasteiger partial charge in [0.25, 0.3) is 0 Å². The van der Waals surface area contributed by atoms with E-state index in [0.29, 0.717) is 0 Å². The van der Waals surface area contributed by atoms with E-state index in [-0.39, 0.29) is 11.9 Å². The maximum atomic E-state index is 11.6. The van der Waals surface area contributed by atoms with Gasteiger partial charge in [0.15, 0.2) is 0 Å². The highest BCUT2D eigenvalue weighted by molar-refractivity contribution is 5.89. The molecule has 1 saturated carbocycles. The van der Waals surface area contributed by atoms with Crippen LogP contribution in [0.2, 0.25) is 0 Å². The van der Waals surface area contributed by atoms with Crippen molar-refractivity contribution in [2.24, 2.45) is 5.73 Å². The third-order valence-electron chi connectivity index (χ3n) is 2.66. The second-order valence-corrected chi connectivity index (χ2v) is 4.29. The summed E-state index contributed by atoms with van der Waals surface area (Å²) in [7, 11) is 0. The van der Waals surface area contributed by atoms with Crippen LogP contribution in [-0.4, -0.2) is 27.0 Å². The van der Waals surface area contributed by atoms with E-state index in [1.165, 1.54) is 0 Å². The van der Waals surface area contributed by atoms with E-state index in [1.54, 1.807) is 12.5 Å². The molecule has 15 heavy (non-hydrogen) atoms. The molecule has 1 aliphatic rings. The van der Waals surface area contributed by atoms with Gasteiger partial charge in [-0.25, -0.2) is 4.98 Å². The average Bonchev–Trinajstić information content (AvgIpc) is 2.74. The van der Waals surface area contributed by atoms with E-state index < -0.39 is 5.54 Å². The Kier molecular flexibility index (Phi) is 2.48. The van der Waals surface area contributed by atoms with Crippen molar-refractivity contribution in [2.75, 3.05) is 0 Å². The molecular weight excluding hydrogens is 192 g/mol. The van der Waals surface area contributed by atoms with Crippen molar-refractivity contribution < 1.29 is 4.79 Å². The second-order valence-electron chi connectivity index (χ2n) is 4.29.